The van der Waals surface area contributed by atoms with Gasteiger partial charge in [-0.25, -0.2) is 4.79 Å². The van der Waals surface area contributed by atoms with E-state index in [4.69, 9.17) is 5.11 Å². The van der Waals surface area contributed by atoms with Crippen LogP contribution in [-0.4, -0.2) is 11.1 Å². The van der Waals surface area contributed by atoms with Gasteiger partial charge in [0.15, 0.2) is 0 Å². The molecule has 0 aromatic heterocycles. The fourth-order valence-corrected chi connectivity index (χ4v) is 1.98. The summed E-state index contributed by atoms with van der Waals surface area (Å²) in [5.41, 5.74) is 2.69. The van der Waals surface area contributed by atoms with E-state index in [1.165, 1.54) is 11.1 Å². The van der Waals surface area contributed by atoms with Crippen LogP contribution in [0, 0.1) is 17.8 Å². The number of hydrogen-bond donors (Lipinski definition) is 1. The van der Waals surface area contributed by atoms with Crippen LogP contribution < -0.4 is 0 Å². The van der Waals surface area contributed by atoms with E-state index >= 15 is 0 Å². The van der Waals surface area contributed by atoms with Crippen molar-refractivity contribution in [3.63, 3.8) is 0 Å². The van der Waals surface area contributed by atoms with Crippen LogP contribution in [0.5, 0.6) is 0 Å². The van der Waals surface area contributed by atoms with E-state index in [2.05, 4.69) is 24.0 Å². The summed E-state index contributed by atoms with van der Waals surface area (Å²) in [5, 5.41) is 8.47. The molecule has 0 aliphatic heterocycles. The van der Waals surface area contributed by atoms with Crippen LogP contribution in [0.3, 0.4) is 0 Å². The third-order valence-corrected chi connectivity index (χ3v) is 2.73. The maximum absolute atomic E-state index is 10.3. The first kappa shape index (κ1) is 9.79. The molecule has 0 amide bonds. The van der Waals surface area contributed by atoms with Gasteiger partial charge in [-0.3, -0.25) is 0 Å². The number of carbonyl (C=O) groups is 1. The van der Waals surface area contributed by atoms with Gasteiger partial charge in [0.2, 0.25) is 0 Å². The molecule has 0 radical (unpaired) electrons. The van der Waals surface area contributed by atoms with Crippen LogP contribution in [0.2, 0.25) is 0 Å². The third-order valence-electron chi connectivity index (χ3n) is 2.73. The molecule has 0 spiro atoms. The van der Waals surface area contributed by atoms with Crippen LogP contribution in [0.4, 0.5) is 0 Å². The molecule has 1 aromatic rings. The molecule has 1 atom stereocenters. The second-order valence-electron chi connectivity index (χ2n) is 3.78. The van der Waals surface area contributed by atoms with Crippen LogP contribution >= 0.6 is 0 Å². The quantitative estimate of drug-likeness (QED) is 0.649. The lowest BCUT2D eigenvalue weighted by atomic mass is 9.84. The van der Waals surface area contributed by atoms with E-state index in [-0.39, 0.29) is 5.92 Å². The van der Waals surface area contributed by atoms with E-state index in [0.29, 0.717) is 0 Å². The Hall–Kier alpha value is -1.75. The minimum Gasteiger partial charge on any atom is -0.472 e. The van der Waals surface area contributed by atoms with Gasteiger partial charge in [0.1, 0.15) is 0 Å². The predicted octanol–water partition coefficient (Wildman–Crippen LogP) is 1.88. The van der Waals surface area contributed by atoms with Crippen molar-refractivity contribution in [1.82, 2.24) is 0 Å². The predicted molar refractivity (Wildman–Crippen MR) is 57.4 cm³/mol. The minimum absolute atomic E-state index is 0.205. The van der Waals surface area contributed by atoms with Crippen molar-refractivity contribution >= 4 is 5.97 Å². The highest BCUT2D eigenvalue weighted by Gasteiger charge is 2.16. The zero-order chi connectivity index (χ0) is 10.7. The van der Waals surface area contributed by atoms with Gasteiger partial charge in [-0.05, 0) is 30.4 Å². The number of benzene rings is 1. The summed E-state index contributed by atoms with van der Waals surface area (Å²) in [4.78, 5) is 10.3. The highest BCUT2D eigenvalue weighted by Crippen LogP contribution is 2.24. The molecule has 2 heteroatoms. The fourth-order valence-electron chi connectivity index (χ4n) is 1.98. The Kier molecular flexibility index (Phi) is 2.73. The van der Waals surface area contributed by atoms with Gasteiger partial charge in [0.05, 0.1) is 0 Å². The molecule has 0 heterocycles. The Bertz CT molecular complexity index is 437. The van der Waals surface area contributed by atoms with Crippen LogP contribution in [0.1, 0.15) is 17.5 Å². The van der Waals surface area contributed by atoms with E-state index < -0.39 is 5.97 Å². The Morgan fingerprint density at radius 3 is 2.80 bits per heavy atom. The maximum atomic E-state index is 10.3. The lowest BCUT2D eigenvalue weighted by Crippen LogP contribution is -2.12. The molecule has 0 saturated carbocycles. The normalized spacial score (nSPS) is 18.5. The summed E-state index contributed by atoms with van der Waals surface area (Å²) in [6.07, 6.45) is 2.86. The summed E-state index contributed by atoms with van der Waals surface area (Å²) in [6.45, 7) is 0. The number of rotatable bonds is 0. The van der Waals surface area contributed by atoms with Crippen molar-refractivity contribution in [2.24, 2.45) is 5.92 Å². The molecule has 1 N–H and O–H groups in total. The number of aryl methyl sites for hydroxylation is 1. The molecule has 76 valence electrons. The molecule has 0 saturated heterocycles. The number of aliphatic carboxylic acids is 1. The van der Waals surface area contributed by atoms with E-state index in [9.17, 15) is 4.79 Å². The van der Waals surface area contributed by atoms with Crippen LogP contribution in [0.25, 0.3) is 0 Å². The van der Waals surface area contributed by atoms with Crippen molar-refractivity contribution in [2.75, 3.05) is 0 Å². The molecule has 0 bridgehead atoms. The third kappa shape index (κ3) is 2.38. The Labute approximate surface area is 88.9 Å². The molecule has 2 nitrogen and oxygen atoms in total. The average molecular weight is 200 g/mol. The lowest BCUT2D eigenvalue weighted by molar-refractivity contribution is -0.130. The number of carboxylic acid groups (broad SMARTS) is 1. The summed E-state index contributed by atoms with van der Waals surface area (Å²) in [5.74, 6) is 4.20. The highest BCUT2D eigenvalue weighted by molar-refractivity contribution is 5.86. The second-order valence-corrected chi connectivity index (χ2v) is 3.78. The highest BCUT2D eigenvalue weighted by atomic mass is 16.4. The van der Waals surface area contributed by atoms with Crippen molar-refractivity contribution in [1.29, 1.82) is 0 Å². The Balaban J connectivity index is 2.13. The minimum atomic E-state index is -1.03. The zero-order valence-corrected chi connectivity index (χ0v) is 8.36. The van der Waals surface area contributed by atoms with E-state index in [0.717, 1.165) is 19.3 Å². The smallest absolute Gasteiger partial charge is 0.381 e. The van der Waals surface area contributed by atoms with E-state index in [1.54, 1.807) is 0 Å². The molecule has 15 heavy (non-hydrogen) atoms. The van der Waals surface area contributed by atoms with Crippen molar-refractivity contribution < 1.29 is 9.90 Å². The number of fused-ring (bicyclic) bond motifs is 1. The summed E-state index contributed by atoms with van der Waals surface area (Å²) < 4.78 is 0. The van der Waals surface area contributed by atoms with Gasteiger partial charge in [-0.1, -0.05) is 30.2 Å². The summed E-state index contributed by atoms with van der Waals surface area (Å²) in [7, 11) is 0. The van der Waals surface area contributed by atoms with Crippen LogP contribution in [0.15, 0.2) is 24.3 Å². The summed E-state index contributed by atoms with van der Waals surface area (Å²) >= 11 is 0. The maximum Gasteiger partial charge on any atom is 0.381 e. The molecule has 1 aliphatic rings. The first-order valence-electron chi connectivity index (χ1n) is 5.07. The second kappa shape index (κ2) is 4.18. The lowest BCUT2D eigenvalue weighted by Gasteiger charge is -2.20. The SMILES string of the molecule is O=C(O)C#CC1CCc2ccccc2C1. The average Bonchev–Trinajstić information content (AvgIpc) is 2.26. The molecule has 2 rings (SSSR count). The topological polar surface area (TPSA) is 37.3 Å². The number of hydrogen-bond acceptors (Lipinski definition) is 1. The fraction of sp³-hybridized carbons (Fsp3) is 0.308. The summed E-state index contributed by atoms with van der Waals surface area (Å²) in [6, 6.07) is 8.30. The Morgan fingerprint density at radius 1 is 1.33 bits per heavy atom. The van der Waals surface area contributed by atoms with Gasteiger partial charge in [-0.15, -0.1) is 0 Å². The molecular weight excluding hydrogens is 188 g/mol. The van der Waals surface area contributed by atoms with Crippen molar-refractivity contribution in [3.8, 4) is 11.8 Å². The molecule has 1 unspecified atom stereocenters. The van der Waals surface area contributed by atoms with Crippen molar-refractivity contribution in [2.45, 2.75) is 19.3 Å². The van der Waals surface area contributed by atoms with Crippen LogP contribution in [-0.2, 0) is 17.6 Å². The number of carboxylic acids is 1. The Morgan fingerprint density at radius 2 is 2.07 bits per heavy atom. The van der Waals surface area contributed by atoms with Gasteiger partial charge in [0, 0.05) is 11.8 Å². The molecular formula is C13H12O2. The largest absolute Gasteiger partial charge is 0.472 e. The molecule has 1 aromatic carbocycles. The zero-order valence-electron chi connectivity index (χ0n) is 8.36. The van der Waals surface area contributed by atoms with Gasteiger partial charge in [-0.2, -0.15) is 0 Å². The standard InChI is InChI=1S/C13H12O2/c14-13(15)8-6-10-5-7-11-3-1-2-4-12(11)9-10/h1-4,10H,5,7,9H2,(H,14,15). The first-order chi connectivity index (χ1) is 7.25. The van der Waals surface area contributed by atoms with Gasteiger partial charge < -0.3 is 5.11 Å². The van der Waals surface area contributed by atoms with Gasteiger partial charge >= 0.3 is 5.97 Å². The molecule has 1 aliphatic carbocycles. The molecule has 0 fully saturated rings. The van der Waals surface area contributed by atoms with E-state index in [1.807, 2.05) is 12.1 Å². The monoisotopic (exact) mass is 200 g/mol. The van der Waals surface area contributed by atoms with Gasteiger partial charge in [0.25, 0.3) is 0 Å². The van der Waals surface area contributed by atoms with Crippen molar-refractivity contribution in [3.05, 3.63) is 35.4 Å². The first-order valence-corrected chi connectivity index (χ1v) is 5.07.